The van der Waals surface area contributed by atoms with Crippen molar-refractivity contribution < 1.29 is 4.79 Å². The second-order valence-electron chi connectivity index (χ2n) is 6.56. The minimum absolute atomic E-state index is 0. The summed E-state index contributed by atoms with van der Waals surface area (Å²) in [5, 5.41) is 3.15. The zero-order chi connectivity index (χ0) is 17.8. The van der Waals surface area contributed by atoms with Crippen LogP contribution >= 0.6 is 24.0 Å². The maximum atomic E-state index is 11.9. The number of nitrogens with one attached hydrogen (secondary N) is 1. The number of fused-ring (bicyclic) bond motifs is 1. The van der Waals surface area contributed by atoms with Crippen LogP contribution in [0.4, 0.5) is 5.69 Å². The van der Waals surface area contributed by atoms with Gasteiger partial charge in [-0.15, -0.1) is 24.0 Å². The van der Waals surface area contributed by atoms with Gasteiger partial charge >= 0.3 is 0 Å². The fraction of sp³-hybridized carbons (Fsp3) is 0.300. The van der Waals surface area contributed by atoms with Gasteiger partial charge in [-0.1, -0.05) is 18.2 Å². The van der Waals surface area contributed by atoms with E-state index in [1.54, 1.807) is 19.0 Å². The summed E-state index contributed by atoms with van der Waals surface area (Å²) in [6.07, 6.45) is 3.54. The van der Waals surface area contributed by atoms with Crippen LogP contribution < -0.4 is 11.1 Å². The van der Waals surface area contributed by atoms with Crippen molar-refractivity contribution >= 4 is 41.5 Å². The van der Waals surface area contributed by atoms with Crippen LogP contribution in [0.1, 0.15) is 33.5 Å². The van der Waals surface area contributed by atoms with Crippen LogP contribution in [0.3, 0.4) is 0 Å². The molecule has 1 aliphatic carbocycles. The lowest BCUT2D eigenvalue weighted by Crippen LogP contribution is -2.22. The average Bonchev–Trinajstić information content (AvgIpc) is 3.07. The van der Waals surface area contributed by atoms with E-state index in [-0.39, 0.29) is 29.9 Å². The number of carbonyl (C=O) groups excluding carboxylic acids is 1. The molecule has 0 aromatic heterocycles. The number of aryl methyl sites for hydroxylation is 2. The second kappa shape index (κ2) is 9.02. The first-order valence-electron chi connectivity index (χ1n) is 8.52. The van der Waals surface area contributed by atoms with Gasteiger partial charge in [0.2, 0.25) is 0 Å². The van der Waals surface area contributed by atoms with E-state index in [0.29, 0.717) is 18.1 Å². The molecule has 0 radical (unpaired) electrons. The molecular formula is C20H25IN4O. The van der Waals surface area contributed by atoms with E-state index < -0.39 is 0 Å². The molecule has 2 aromatic rings. The predicted octanol–water partition coefficient (Wildman–Crippen LogP) is 3.42. The Kier molecular flexibility index (Phi) is 7.02. The van der Waals surface area contributed by atoms with E-state index >= 15 is 0 Å². The van der Waals surface area contributed by atoms with Crippen LogP contribution in [0.15, 0.2) is 47.5 Å². The Balaban J connectivity index is 0.00000243. The zero-order valence-electron chi connectivity index (χ0n) is 15.2. The smallest absolute Gasteiger partial charge is 0.253 e. The largest absolute Gasteiger partial charge is 0.370 e. The number of amides is 1. The first-order chi connectivity index (χ1) is 12.0. The maximum absolute atomic E-state index is 11.9. The lowest BCUT2D eigenvalue weighted by Gasteiger charge is -2.10. The molecule has 0 unspecified atom stereocenters. The summed E-state index contributed by atoms with van der Waals surface area (Å²) >= 11 is 0. The molecule has 26 heavy (non-hydrogen) atoms. The molecule has 3 N–H and O–H groups in total. The average molecular weight is 464 g/mol. The molecule has 0 saturated heterocycles. The number of anilines is 1. The molecule has 3 rings (SSSR count). The summed E-state index contributed by atoms with van der Waals surface area (Å²) in [5.41, 5.74) is 11.5. The van der Waals surface area contributed by atoms with Crippen molar-refractivity contribution in [1.29, 1.82) is 0 Å². The highest BCUT2D eigenvalue weighted by Crippen LogP contribution is 2.24. The number of rotatable bonds is 4. The number of hydrogen-bond donors (Lipinski definition) is 2. The normalized spacial score (nSPS) is 12.9. The van der Waals surface area contributed by atoms with Crippen molar-refractivity contribution in [3.8, 4) is 0 Å². The Morgan fingerprint density at radius 1 is 1.12 bits per heavy atom. The van der Waals surface area contributed by atoms with E-state index in [4.69, 9.17) is 5.73 Å². The van der Waals surface area contributed by atoms with Gasteiger partial charge in [0.25, 0.3) is 5.91 Å². The highest BCUT2D eigenvalue weighted by molar-refractivity contribution is 14.0. The molecule has 0 atom stereocenters. The molecule has 2 aromatic carbocycles. The van der Waals surface area contributed by atoms with Crippen LogP contribution in [0, 0.1) is 0 Å². The maximum Gasteiger partial charge on any atom is 0.253 e. The van der Waals surface area contributed by atoms with E-state index in [1.165, 1.54) is 24.0 Å². The molecule has 0 heterocycles. The van der Waals surface area contributed by atoms with Gasteiger partial charge in [0.1, 0.15) is 0 Å². The van der Waals surface area contributed by atoms with Crippen molar-refractivity contribution in [3.63, 3.8) is 0 Å². The Morgan fingerprint density at radius 3 is 2.50 bits per heavy atom. The number of halogens is 1. The van der Waals surface area contributed by atoms with Gasteiger partial charge in [-0.25, -0.2) is 4.99 Å². The third-order valence-electron chi connectivity index (χ3n) is 4.41. The second-order valence-corrected chi connectivity index (χ2v) is 6.56. The van der Waals surface area contributed by atoms with Gasteiger partial charge in [-0.3, -0.25) is 4.79 Å². The van der Waals surface area contributed by atoms with Crippen LogP contribution in [0.25, 0.3) is 0 Å². The fourth-order valence-corrected chi connectivity index (χ4v) is 3.02. The Labute approximate surface area is 171 Å². The lowest BCUT2D eigenvalue weighted by molar-refractivity contribution is 0.0827. The molecule has 6 heteroatoms. The van der Waals surface area contributed by atoms with Crippen molar-refractivity contribution in [2.75, 3.05) is 19.4 Å². The molecule has 0 bridgehead atoms. The SMILES string of the molecule is CN(C)C(=O)c1ccc(CN=C(N)Nc2ccc3c(c2)CCC3)cc1.I. The number of carbonyl (C=O) groups is 1. The number of guanidine groups is 1. The number of aliphatic imine (C=N–C) groups is 1. The lowest BCUT2D eigenvalue weighted by atomic mass is 10.1. The molecule has 1 amide bonds. The van der Waals surface area contributed by atoms with Crippen LogP contribution in [-0.2, 0) is 19.4 Å². The predicted molar refractivity (Wildman–Crippen MR) is 117 cm³/mol. The molecule has 0 fully saturated rings. The summed E-state index contributed by atoms with van der Waals surface area (Å²) in [6.45, 7) is 0.472. The molecular weight excluding hydrogens is 439 g/mol. The highest BCUT2D eigenvalue weighted by Gasteiger charge is 2.11. The van der Waals surface area contributed by atoms with Gasteiger partial charge in [0, 0.05) is 25.3 Å². The first-order valence-corrected chi connectivity index (χ1v) is 8.52. The van der Waals surface area contributed by atoms with Crippen LogP contribution in [0.2, 0.25) is 0 Å². The van der Waals surface area contributed by atoms with Gasteiger partial charge < -0.3 is 16.0 Å². The quantitative estimate of drug-likeness (QED) is 0.414. The zero-order valence-corrected chi connectivity index (χ0v) is 17.5. The molecule has 5 nitrogen and oxygen atoms in total. The van der Waals surface area contributed by atoms with Crippen molar-refractivity contribution in [3.05, 3.63) is 64.7 Å². The van der Waals surface area contributed by atoms with E-state index in [0.717, 1.165) is 17.7 Å². The summed E-state index contributed by atoms with van der Waals surface area (Å²) < 4.78 is 0. The van der Waals surface area contributed by atoms with E-state index in [2.05, 4.69) is 22.4 Å². The van der Waals surface area contributed by atoms with Gasteiger partial charge in [0.15, 0.2) is 5.96 Å². The van der Waals surface area contributed by atoms with Gasteiger partial charge in [-0.2, -0.15) is 0 Å². The topological polar surface area (TPSA) is 70.7 Å². The highest BCUT2D eigenvalue weighted by atomic mass is 127. The van der Waals surface area contributed by atoms with E-state index in [9.17, 15) is 4.79 Å². The Bertz CT molecular complexity index is 800. The molecule has 0 aliphatic heterocycles. The van der Waals surface area contributed by atoms with Crippen molar-refractivity contribution in [1.82, 2.24) is 4.90 Å². The third kappa shape index (κ3) is 4.97. The number of hydrogen-bond acceptors (Lipinski definition) is 2. The summed E-state index contributed by atoms with van der Waals surface area (Å²) in [5.74, 6) is 0.388. The molecule has 0 saturated carbocycles. The Morgan fingerprint density at radius 2 is 1.81 bits per heavy atom. The molecule has 0 spiro atoms. The van der Waals surface area contributed by atoms with E-state index in [1.807, 2.05) is 30.3 Å². The minimum Gasteiger partial charge on any atom is -0.370 e. The van der Waals surface area contributed by atoms with Gasteiger partial charge in [-0.05, 0) is 60.2 Å². The summed E-state index contributed by atoms with van der Waals surface area (Å²) in [4.78, 5) is 17.8. The summed E-state index contributed by atoms with van der Waals surface area (Å²) in [7, 11) is 3.48. The number of nitrogens with two attached hydrogens (primary N) is 1. The Hall–Kier alpha value is -2.09. The van der Waals surface area contributed by atoms with Crippen molar-refractivity contribution in [2.45, 2.75) is 25.8 Å². The van der Waals surface area contributed by atoms with Crippen molar-refractivity contribution in [2.24, 2.45) is 10.7 Å². The third-order valence-corrected chi connectivity index (χ3v) is 4.41. The van der Waals surface area contributed by atoms with Crippen LogP contribution in [0.5, 0.6) is 0 Å². The minimum atomic E-state index is -0.00663. The first kappa shape index (κ1) is 20.2. The molecule has 138 valence electrons. The van der Waals surface area contributed by atoms with Gasteiger partial charge in [0.05, 0.1) is 6.54 Å². The molecule has 1 aliphatic rings. The summed E-state index contributed by atoms with van der Waals surface area (Å²) in [6, 6.07) is 13.8. The van der Waals surface area contributed by atoms with Crippen LogP contribution in [-0.4, -0.2) is 30.9 Å². The fourth-order valence-electron chi connectivity index (χ4n) is 3.02. The monoisotopic (exact) mass is 464 g/mol. The number of nitrogens with zero attached hydrogens (tertiary/aromatic N) is 2. The number of benzene rings is 2. The standard InChI is InChI=1S/C20H24N4O.HI/c1-24(2)19(25)16-8-6-14(7-9-16)13-22-20(21)23-18-11-10-15-4-3-5-17(15)12-18;/h6-12H,3-5,13H2,1-2H3,(H3,21,22,23);1H.